The van der Waals surface area contributed by atoms with Crippen LogP contribution in [0.3, 0.4) is 0 Å². The Morgan fingerprint density at radius 1 is 1.62 bits per heavy atom. The minimum atomic E-state index is 0.342. The standard InChI is InChI=1S/C11H14BN3S/c1-7-6-15(11(13)16)14-10(7)8-3-2-4-9(12)5-8/h2-5,7H,6,12H2,1H3,(H2,13,16). The Kier molecular flexibility index (Phi) is 2.96. The van der Waals surface area contributed by atoms with E-state index < -0.39 is 0 Å². The van der Waals surface area contributed by atoms with Crippen LogP contribution in [-0.4, -0.2) is 30.2 Å². The van der Waals surface area contributed by atoms with E-state index in [1.807, 2.05) is 6.07 Å². The van der Waals surface area contributed by atoms with Gasteiger partial charge in [0.15, 0.2) is 5.11 Å². The fourth-order valence-electron chi connectivity index (χ4n) is 1.90. The highest BCUT2D eigenvalue weighted by Crippen LogP contribution is 2.18. The van der Waals surface area contributed by atoms with E-state index in [0.717, 1.165) is 17.8 Å². The molecule has 1 aliphatic rings. The third kappa shape index (κ3) is 2.09. The molecule has 1 atom stereocenters. The number of benzene rings is 1. The second kappa shape index (κ2) is 4.25. The quantitative estimate of drug-likeness (QED) is 0.539. The summed E-state index contributed by atoms with van der Waals surface area (Å²) in [6.45, 7) is 2.91. The maximum atomic E-state index is 5.58. The zero-order valence-electron chi connectivity index (χ0n) is 9.47. The average Bonchev–Trinajstić information content (AvgIpc) is 2.60. The molecule has 1 aliphatic heterocycles. The summed E-state index contributed by atoms with van der Waals surface area (Å²) >= 11 is 4.93. The van der Waals surface area contributed by atoms with Crippen molar-refractivity contribution in [2.75, 3.05) is 6.54 Å². The van der Waals surface area contributed by atoms with E-state index in [2.05, 4.69) is 38.1 Å². The first-order chi connectivity index (χ1) is 7.58. The second-order valence-electron chi connectivity index (χ2n) is 4.18. The lowest BCUT2D eigenvalue weighted by Crippen LogP contribution is -2.30. The maximum Gasteiger partial charge on any atom is 0.186 e. The van der Waals surface area contributed by atoms with E-state index in [1.54, 1.807) is 5.01 Å². The SMILES string of the molecule is Bc1cccc(C2=NN(C(N)=S)CC2C)c1. The Morgan fingerprint density at radius 3 is 2.94 bits per heavy atom. The van der Waals surface area contributed by atoms with Crippen molar-refractivity contribution in [3.05, 3.63) is 29.8 Å². The molecule has 16 heavy (non-hydrogen) atoms. The van der Waals surface area contributed by atoms with Crippen molar-refractivity contribution in [3.8, 4) is 0 Å². The van der Waals surface area contributed by atoms with Crippen LogP contribution >= 0.6 is 12.2 Å². The van der Waals surface area contributed by atoms with Crippen molar-refractivity contribution in [2.24, 2.45) is 16.8 Å². The lowest BCUT2D eigenvalue weighted by atomic mass is 9.91. The van der Waals surface area contributed by atoms with Gasteiger partial charge in [-0.2, -0.15) is 5.10 Å². The number of hydrogen-bond acceptors (Lipinski definition) is 2. The number of hydrogen-bond donors (Lipinski definition) is 1. The molecule has 0 aromatic heterocycles. The van der Waals surface area contributed by atoms with Crippen LogP contribution in [0.5, 0.6) is 0 Å². The van der Waals surface area contributed by atoms with E-state index in [4.69, 9.17) is 18.0 Å². The van der Waals surface area contributed by atoms with Crippen molar-refractivity contribution < 1.29 is 0 Å². The summed E-state index contributed by atoms with van der Waals surface area (Å²) in [5.41, 5.74) is 9.04. The van der Waals surface area contributed by atoms with Crippen LogP contribution in [0.4, 0.5) is 0 Å². The maximum absolute atomic E-state index is 5.58. The zero-order chi connectivity index (χ0) is 11.7. The minimum Gasteiger partial charge on any atom is -0.375 e. The van der Waals surface area contributed by atoms with Gasteiger partial charge in [0.05, 0.1) is 12.3 Å². The van der Waals surface area contributed by atoms with Gasteiger partial charge in [-0.15, -0.1) is 0 Å². The van der Waals surface area contributed by atoms with Gasteiger partial charge in [0.1, 0.15) is 7.85 Å². The molecule has 2 rings (SSSR count). The average molecular weight is 231 g/mol. The second-order valence-corrected chi connectivity index (χ2v) is 4.59. The summed E-state index contributed by atoms with van der Waals surface area (Å²) in [6.07, 6.45) is 0. The topological polar surface area (TPSA) is 41.6 Å². The number of hydrazone groups is 1. The third-order valence-corrected chi connectivity index (χ3v) is 2.92. The largest absolute Gasteiger partial charge is 0.375 e. The first-order valence-electron chi connectivity index (χ1n) is 5.30. The van der Waals surface area contributed by atoms with E-state index in [0.29, 0.717) is 11.0 Å². The van der Waals surface area contributed by atoms with Gasteiger partial charge in [-0.25, -0.2) is 5.01 Å². The normalized spacial score (nSPS) is 19.7. The molecule has 0 saturated carbocycles. The summed E-state index contributed by atoms with van der Waals surface area (Å²) in [5, 5.41) is 6.50. The molecule has 1 unspecified atom stereocenters. The van der Waals surface area contributed by atoms with Gasteiger partial charge in [-0.05, 0) is 17.8 Å². The molecule has 0 amide bonds. The number of nitrogens with zero attached hydrogens (tertiary/aromatic N) is 2. The van der Waals surface area contributed by atoms with Crippen molar-refractivity contribution in [2.45, 2.75) is 6.92 Å². The molecule has 0 aliphatic carbocycles. The van der Waals surface area contributed by atoms with Crippen LogP contribution < -0.4 is 11.2 Å². The number of rotatable bonds is 1. The van der Waals surface area contributed by atoms with E-state index in [9.17, 15) is 0 Å². The fraction of sp³-hybridized carbons (Fsp3) is 0.273. The van der Waals surface area contributed by atoms with E-state index in [-0.39, 0.29) is 0 Å². The molecular weight excluding hydrogens is 217 g/mol. The Labute approximate surface area is 102 Å². The predicted molar refractivity (Wildman–Crippen MR) is 73.8 cm³/mol. The summed E-state index contributed by atoms with van der Waals surface area (Å²) in [4.78, 5) is 0. The number of nitrogens with two attached hydrogens (primary N) is 1. The molecule has 2 N–H and O–H groups in total. The minimum absolute atomic E-state index is 0.342. The molecule has 5 heteroatoms. The lowest BCUT2D eigenvalue weighted by Gasteiger charge is -2.10. The summed E-state index contributed by atoms with van der Waals surface area (Å²) in [6, 6.07) is 8.34. The van der Waals surface area contributed by atoms with Crippen LogP contribution in [0.15, 0.2) is 29.4 Å². The highest BCUT2D eigenvalue weighted by molar-refractivity contribution is 7.80. The van der Waals surface area contributed by atoms with Gasteiger partial charge in [0, 0.05) is 5.92 Å². The molecule has 1 aromatic carbocycles. The highest BCUT2D eigenvalue weighted by atomic mass is 32.1. The summed E-state index contributed by atoms with van der Waals surface area (Å²) < 4.78 is 0. The molecule has 0 spiro atoms. The van der Waals surface area contributed by atoms with Crippen molar-refractivity contribution in [1.82, 2.24) is 5.01 Å². The molecule has 0 saturated heterocycles. The van der Waals surface area contributed by atoms with Crippen LogP contribution in [0.2, 0.25) is 0 Å². The highest BCUT2D eigenvalue weighted by Gasteiger charge is 2.24. The van der Waals surface area contributed by atoms with Gasteiger partial charge in [0.2, 0.25) is 0 Å². The van der Waals surface area contributed by atoms with Gasteiger partial charge in [0.25, 0.3) is 0 Å². The van der Waals surface area contributed by atoms with Crippen LogP contribution in [0, 0.1) is 5.92 Å². The van der Waals surface area contributed by atoms with Crippen LogP contribution in [-0.2, 0) is 0 Å². The molecule has 3 nitrogen and oxygen atoms in total. The molecule has 0 bridgehead atoms. The first-order valence-corrected chi connectivity index (χ1v) is 5.71. The van der Waals surface area contributed by atoms with Crippen LogP contribution in [0.1, 0.15) is 12.5 Å². The Morgan fingerprint density at radius 2 is 2.38 bits per heavy atom. The van der Waals surface area contributed by atoms with Crippen LogP contribution in [0.25, 0.3) is 0 Å². The smallest absolute Gasteiger partial charge is 0.186 e. The predicted octanol–water partition coefficient (Wildman–Crippen LogP) is -0.156. The molecular formula is C11H14BN3S. The molecule has 0 radical (unpaired) electrons. The zero-order valence-corrected chi connectivity index (χ0v) is 10.3. The van der Waals surface area contributed by atoms with Crippen molar-refractivity contribution >= 4 is 36.4 Å². The number of thiocarbonyl (C=S) groups is 1. The van der Waals surface area contributed by atoms with E-state index in [1.165, 1.54) is 5.46 Å². The Bertz CT molecular complexity index is 458. The molecule has 1 aromatic rings. The van der Waals surface area contributed by atoms with E-state index >= 15 is 0 Å². The van der Waals surface area contributed by atoms with Gasteiger partial charge >= 0.3 is 0 Å². The van der Waals surface area contributed by atoms with Crippen molar-refractivity contribution in [1.29, 1.82) is 0 Å². The Hall–Kier alpha value is -1.36. The summed E-state index contributed by atoms with van der Waals surface area (Å²) in [7, 11) is 2.08. The van der Waals surface area contributed by atoms with Crippen molar-refractivity contribution in [3.63, 3.8) is 0 Å². The monoisotopic (exact) mass is 231 g/mol. The van der Waals surface area contributed by atoms with Gasteiger partial charge in [-0.1, -0.05) is 36.7 Å². The summed E-state index contributed by atoms with van der Waals surface area (Å²) in [5.74, 6) is 0.364. The van der Waals surface area contributed by atoms with Gasteiger partial charge < -0.3 is 5.73 Å². The lowest BCUT2D eigenvalue weighted by molar-refractivity contribution is 0.459. The molecule has 82 valence electrons. The van der Waals surface area contributed by atoms with Gasteiger partial charge in [-0.3, -0.25) is 0 Å². The molecule has 1 heterocycles. The first kappa shape index (κ1) is 11.1. The molecule has 0 fully saturated rings. The Balaban J connectivity index is 2.34. The fourth-order valence-corrected chi connectivity index (χ4v) is 2.02. The third-order valence-electron chi connectivity index (χ3n) is 2.71.